The van der Waals surface area contributed by atoms with Gasteiger partial charge in [-0.2, -0.15) is 0 Å². The fraction of sp³-hybridized carbons (Fsp3) is 0.364. The number of hydrogen-bond donors (Lipinski definition) is 4. The summed E-state index contributed by atoms with van der Waals surface area (Å²) < 4.78 is 0. The van der Waals surface area contributed by atoms with Gasteiger partial charge in [0.2, 0.25) is 0 Å². The van der Waals surface area contributed by atoms with Crippen LogP contribution in [0.5, 0.6) is 11.5 Å². The highest BCUT2D eigenvalue weighted by Gasteiger charge is 2.17. The van der Waals surface area contributed by atoms with Gasteiger partial charge in [0.25, 0.3) is 0 Å². The van der Waals surface area contributed by atoms with E-state index >= 15 is 0 Å². The molecule has 0 aliphatic carbocycles. The van der Waals surface area contributed by atoms with Crippen LogP contribution in [0.1, 0.15) is 12.0 Å². The zero-order valence-corrected chi connectivity index (χ0v) is 8.63. The van der Waals surface area contributed by atoms with Crippen molar-refractivity contribution in [3.05, 3.63) is 23.8 Å². The standard InChI is InChI=1S/C11H14O5/c12-4-3-8(11(15)16)5-7-1-2-9(13)10(14)6-7/h1-2,6,8,12-14H,3-5H2,(H,15,16). The third-order valence-corrected chi connectivity index (χ3v) is 2.35. The molecule has 5 nitrogen and oxygen atoms in total. The summed E-state index contributed by atoms with van der Waals surface area (Å²) in [6.07, 6.45) is 0.376. The van der Waals surface area contributed by atoms with Gasteiger partial charge < -0.3 is 20.4 Å². The Morgan fingerprint density at radius 3 is 2.44 bits per heavy atom. The van der Waals surface area contributed by atoms with Crippen molar-refractivity contribution in [2.45, 2.75) is 12.8 Å². The lowest BCUT2D eigenvalue weighted by Gasteiger charge is -2.11. The zero-order chi connectivity index (χ0) is 12.1. The molecule has 0 aliphatic heterocycles. The maximum atomic E-state index is 10.8. The van der Waals surface area contributed by atoms with Crippen LogP contribution in [0, 0.1) is 5.92 Å². The van der Waals surface area contributed by atoms with Gasteiger partial charge in [-0.25, -0.2) is 0 Å². The van der Waals surface area contributed by atoms with Gasteiger partial charge in [0.05, 0.1) is 5.92 Å². The lowest BCUT2D eigenvalue weighted by molar-refractivity contribution is -0.142. The molecule has 16 heavy (non-hydrogen) atoms. The fourth-order valence-corrected chi connectivity index (χ4v) is 1.45. The Labute approximate surface area is 92.6 Å². The average molecular weight is 226 g/mol. The number of benzene rings is 1. The summed E-state index contributed by atoms with van der Waals surface area (Å²) in [5.74, 6) is -2.18. The maximum Gasteiger partial charge on any atom is 0.306 e. The van der Waals surface area contributed by atoms with Crippen molar-refractivity contribution in [1.29, 1.82) is 0 Å². The van der Waals surface area contributed by atoms with Gasteiger partial charge in [0.1, 0.15) is 0 Å². The van der Waals surface area contributed by atoms with E-state index in [4.69, 9.17) is 15.3 Å². The molecule has 1 rings (SSSR count). The van der Waals surface area contributed by atoms with Gasteiger partial charge in [-0.15, -0.1) is 0 Å². The molecule has 0 heterocycles. The van der Waals surface area contributed by atoms with Gasteiger partial charge in [-0.1, -0.05) is 6.07 Å². The number of phenols is 2. The number of aliphatic hydroxyl groups is 1. The average Bonchev–Trinajstić information content (AvgIpc) is 2.22. The largest absolute Gasteiger partial charge is 0.504 e. The van der Waals surface area contributed by atoms with Crippen molar-refractivity contribution in [3.8, 4) is 11.5 Å². The quantitative estimate of drug-likeness (QED) is 0.555. The molecule has 5 heteroatoms. The molecular formula is C11H14O5. The number of hydrogen-bond acceptors (Lipinski definition) is 4. The van der Waals surface area contributed by atoms with Crippen molar-refractivity contribution in [2.75, 3.05) is 6.61 Å². The monoisotopic (exact) mass is 226 g/mol. The van der Waals surface area contributed by atoms with E-state index in [1.807, 2.05) is 0 Å². The van der Waals surface area contributed by atoms with Gasteiger partial charge in [0, 0.05) is 6.61 Å². The van der Waals surface area contributed by atoms with Crippen molar-refractivity contribution in [3.63, 3.8) is 0 Å². The first-order valence-corrected chi connectivity index (χ1v) is 4.89. The predicted octanol–water partition coefficient (Wildman–Crippen LogP) is 0.723. The summed E-state index contributed by atoms with van der Waals surface area (Å²) >= 11 is 0. The second-order valence-corrected chi connectivity index (χ2v) is 3.57. The number of aromatic hydroxyl groups is 2. The lowest BCUT2D eigenvalue weighted by atomic mass is 9.96. The highest BCUT2D eigenvalue weighted by atomic mass is 16.4. The highest BCUT2D eigenvalue weighted by Crippen LogP contribution is 2.26. The Morgan fingerprint density at radius 1 is 1.25 bits per heavy atom. The van der Waals surface area contributed by atoms with Crippen LogP contribution in [-0.2, 0) is 11.2 Å². The van der Waals surface area contributed by atoms with Crippen LogP contribution >= 0.6 is 0 Å². The first-order valence-electron chi connectivity index (χ1n) is 4.89. The van der Waals surface area contributed by atoms with E-state index in [1.165, 1.54) is 12.1 Å². The second-order valence-electron chi connectivity index (χ2n) is 3.57. The molecule has 0 bridgehead atoms. The third kappa shape index (κ3) is 3.13. The topological polar surface area (TPSA) is 98.0 Å². The molecule has 0 amide bonds. The highest BCUT2D eigenvalue weighted by molar-refractivity contribution is 5.70. The molecule has 1 aromatic rings. The maximum absolute atomic E-state index is 10.8. The smallest absolute Gasteiger partial charge is 0.306 e. The molecular weight excluding hydrogens is 212 g/mol. The molecule has 0 fully saturated rings. The number of rotatable bonds is 5. The molecule has 0 spiro atoms. The summed E-state index contributed by atoms with van der Waals surface area (Å²) in [5.41, 5.74) is 0.608. The van der Waals surface area contributed by atoms with Crippen LogP contribution in [0.15, 0.2) is 18.2 Å². The first-order chi connectivity index (χ1) is 7.54. The minimum absolute atomic E-state index is 0.164. The Hall–Kier alpha value is -1.75. The van der Waals surface area contributed by atoms with Crippen molar-refractivity contribution < 1.29 is 25.2 Å². The number of phenolic OH excluding ortho intramolecular Hbond substituents is 2. The van der Waals surface area contributed by atoms with Gasteiger partial charge in [-0.05, 0) is 30.5 Å². The Morgan fingerprint density at radius 2 is 1.94 bits per heavy atom. The summed E-state index contributed by atoms with van der Waals surface area (Å²) in [5, 5.41) is 35.9. The van der Waals surface area contributed by atoms with Crippen molar-refractivity contribution in [2.24, 2.45) is 5.92 Å². The number of carboxylic acids is 1. The number of aliphatic carboxylic acids is 1. The number of carboxylic acid groups (broad SMARTS) is 1. The van der Waals surface area contributed by atoms with Crippen LogP contribution in [0.3, 0.4) is 0 Å². The van der Waals surface area contributed by atoms with E-state index in [9.17, 15) is 9.90 Å². The van der Waals surface area contributed by atoms with Gasteiger partial charge >= 0.3 is 5.97 Å². The van der Waals surface area contributed by atoms with Gasteiger partial charge in [-0.3, -0.25) is 4.79 Å². The number of aliphatic hydroxyl groups excluding tert-OH is 1. The Kier molecular flexibility index (Phi) is 4.13. The van der Waals surface area contributed by atoms with Crippen LogP contribution in [0.25, 0.3) is 0 Å². The fourth-order valence-electron chi connectivity index (χ4n) is 1.45. The molecule has 0 radical (unpaired) electrons. The minimum Gasteiger partial charge on any atom is -0.504 e. The molecule has 1 unspecified atom stereocenters. The van der Waals surface area contributed by atoms with Crippen LogP contribution < -0.4 is 0 Å². The van der Waals surface area contributed by atoms with E-state index in [1.54, 1.807) is 6.07 Å². The van der Waals surface area contributed by atoms with Gasteiger partial charge in [0.15, 0.2) is 11.5 Å². The summed E-state index contributed by atoms with van der Waals surface area (Å²) in [7, 11) is 0. The molecule has 4 N–H and O–H groups in total. The van der Waals surface area contributed by atoms with Crippen LogP contribution in [-0.4, -0.2) is 33.0 Å². The molecule has 0 aliphatic rings. The minimum atomic E-state index is -0.985. The first kappa shape index (κ1) is 12.3. The molecule has 0 aromatic heterocycles. The van der Waals surface area contributed by atoms with E-state index in [-0.39, 0.29) is 30.9 Å². The summed E-state index contributed by atoms with van der Waals surface area (Å²) in [4.78, 5) is 10.8. The van der Waals surface area contributed by atoms with Crippen molar-refractivity contribution in [1.82, 2.24) is 0 Å². The molecule has 1 atom stereocenters. The molecule has 1 aromatic carbocycles. The Bertz CT molecular complexity index is 375. The second kappa shape index (κ2) is 5.37. The Balaban J connectivity index is 2.77. The number of carbonyl (C=O) groups is 1. The third-order valence-electron chi connectivity index (χ3n) is 2.35. The molecule has 0 saturated heterocycles. The summed E-state index contributed by atoms with van der Waals surface area (Å²) in [6, 6.07) is 4.17. The molecule has 0 saturated carbocycles. The zero-order valence-electron chi connectivity index (χ0n) is 8.63. The lowest BCUT2D eigenvalue weighted by Crippen LogP contribution is -2.17. The molecule has 88 valence electrons. The van der Waals surface area contributed by atoms with E-state index in [0.717, 1.165) is 0 Å². The van der Waals surface area contributed by atoms with Crippen LogP contribution in [0.4, 0.5) is 0 Å². The SMILES string of the molecule is O=C(O)C(CCO)Cc1ccc(O)c(O)c1. The summed E-state index contributed by atoms with van der Waals surface area (Å²) in [6.45, 7) is -0.193. The van der Waals surface area contributed by atoms with Crippen molar-refractivity contribution >= 4 is 5.97 Å². The predicted molar refractivity (Wildman–Crippen MR) is 56.3 cm³/mol. The van der Waals surface area contributed by atoms with Crippen LogP contribution in [0.2, 0.25) is 0 Å². The van der Waals surface area contributed by atoms with E-state index in [2.05, 4.69) is 0 Å². The normalized spacial score (nSPS) is 12.3. The van der Waals surface area contributed by atoms with E-state index < -0.39 is 11.9 Å². The van der Waals surface area contributed by atoms with E-state index in [0.29, 0.717) is 5.56 Å².